The number of carbonyl (C=O) groups excluding carboxylic acids is 2. The van der Waals surface area contributed by atoms with Crippen molar-refractivity contribution in [3.8, 4) is 5.75 Å². The standard InChI is InChI=1S/C20H21N3O3/c1-13-7-6-8-14(2)19(13)26-12-18(24)21-22-20(25)16-11-23(3)17-10-5-4-9-15(16)17/h4-11H,12H2,1-3H3,(H,21,24)(H,22,25). The number of hydrogen-bond donors (Lipinski definition) is 2. The van der Waals surface area contributed by atoms with Crippen LogP contribution in [0.3, 0.4) is 0 Å². The zero-order valence-corrected chi connectivity index (χ0v) is 15.0. The van der Waals surface area contributed by atoms with E-state index >= 15 is 0 Å². The molecule has 2 aromatic carbocycles. The first-order valence-corrected chi connectivity index (χ1v) is 8.29. The van der Waals surface area contributed by atoms with Gasteiger partial charge in [-0.3, -0.25) is 20.4 Å². The average Bonchev–Trinajstić information content (AvgIpc) is 2.96. The number of aromatic nitrogens is 1. The molecule has 0 spiro atoms. The van der Waals surface area contributed by atoms with Crippen molar-refractivity contribution in [3.63, 3.8) is 0 Å². The van der Waals surface area contributed by atoms with Crippen molar-refractivity contribution in [1.82, 2.24) is 15.4 Å². The van der Waals surface area contributed by atoms with E-state index in [-0.39, 0.29) is 12.5 Å². The molecule has 0 aliphatic carbocycles. The zero-order valence-electron chi connectivity index (χ0n) is 15.0. The minimum atomic E-state index is -0.429. The van der Waals surface area contributed by atoms with Crippen molar-refractivity contribution in [2.24, 2.45) is 7.05 Å². The molecule has 0 unspecified atom stereocenters. The van der Waals surface area contributed by atoms with Gasteiger partial charge in [0.05, 0.1) is 5.56 Å². The molecule has 1 heterocycles. The van der Waals surface area contributed by atoms with Gasteiger partial charge in [0, 0.05) is 24.1 Å². The molecule has 3 aromatic rings. The predicted molar refractivity (Wildman–Crippen MR) is 99.9 cm³/mol. The lowest BCUT2D eigenvalue weighted by Crippen LogP contribution is -2.43. The number of hydrazine groups is 1. The fourth-order valence-electron chi connectivity index (χ4n) is 2.92. The number of fused-ring (bicyclic) bond motifs is 1. The molecule has 0 aliphatic heterocycles. The molecular weight excluding hydrogens is 330 g/mol. The van der Waals surface area contributed by atoms with E-state index in [9.17, 15) is 9.59 Å². The number of ether oxygens (including phenoxy) is 1. The van der Waals surface area contributed by atoms with Crippen molar-refractivity contribution < 1.29 is 14.3 Å². The van der Waals surface area contributed by atoms with Gasteiger partial charge >= 0.3 is 0 Å². The summed E-state index contributed by atoms with van der Waals surface area (Å²) in [7, 11) is 1.87. The summed E-state index contributed by atoms with van der Waals surface area (Å²) in [6.07, 6.45) is 1.74. The Kier molecular flexibility index (Phi) is 4.93. The Morgan fingerprint density at radius 3 is 2.42 bits per heavy atom. The first kappa shape index (κ1) is 17.5. The molecule has 1 aromatic heterocycles. The van der Waals surface area contributed by atoms with Crippen LogP contribution in [-0.4, -0.2) is 23.0 Å². The lowest BCUT2D eigenvalue weighted by atomic mass is 10.1. The van der Waals surface area contributed by atoms with Gasteiger partial charge in [-0.2, -0.15) is 0 Å². The highest BCUT2D eigenvalue weighted by molar-refractivity contribution is 6.07. The minimum absolute atomic E-state index is 0.179. The van der Waals surface area contributed by atoms with E-state index in [1.807, 2.05) is 67.9 Å². The molecule has 0 atom stereocenters. The maximum absolute atomic E-state index is 12.4. The number of nitrogens with zero attached hydrogens (tertiary/aromatic N) is 1. The summed E-state index contributed by atoms with van der Waals surface area (Å²) >= 11 is 0. The Bertz CT molecular complexity index is 955. The normalized spacial score (nSPS) is 10.6. The van der Waals surface area contributed by atoms with Crippen LogP contribution in [0.1, 0.15) is 21.5 Å². The molecular formula is C20H21N3O3. The summed E-state index contributed by atoms with van der Waals surface area (Å²) in [5, 5.41) is 0.827. The van der Waals surface area contributed by atoms with Gasteiger partial charge in [0.2, 0.25) is 0 Å². The Labute approximate surface area is 151 Å². The van der Waals surface area contributed by atoms with Crippen LogP contribution < -0.4 is 15.6 Å². The van der Waals surface area contributed by atoms with E-state index in [1.54, 1.807) is 6.20 Å². The third kappa shape index (κ3) is 3.54. The van der Waals surface area contributed by atoms with Crippen molar-refractivity contribution in [1.29, 1.82) is 0 Å². The number of para-hydroxylation sites is 2. The molecule has 26 heavy (non-hydrogen) atoms. The summed E-state index contributed by atoms with van der Waals surface area (Å²) in [4.78, 5) is 24.4. The molecule has 134 valence electrons. The van der Waals surface area contributed by atoms with Crippen LogP contribution in [0.5, 0.6) is 5.75 Å². The van der Waals surface area contributed by atoms with E-state index in [1.165, 1.54) is 0 Å². The van der Waals surface area contributed by atoms with Crippen LogP contribution in [0.15, 0.2) is 48.7 Å². The predicted octanol–water partition coefficient (Wildman–Crippen LogP) is 2.64. The Hall–Kier alpha value is -3.28. The Morgan fingerprint density at radius 1 is 1.00 bits per heavy atom. The van der Waals surface area contributed by atoms with Crippen molar-refractivity contribution in [2.45, 2.75) is 13.8 Å². The molecule has 0 fully saturated rings. The van der Waals surface area contributed by atoms with E-state index in [4.69, 9.17) is 4.74 Å². The van der Waals surface area contributed by atoms with Gasteiger partial charge < -0.3 is 9.30 Å². The summed E-state index contributed by atoms with van der Waals surface area (Å²) in [6.45, 7) is 3.66. The number of amides is 2. The van der Waals surface area contributed by atoms with Crippen LogP contribution in [0.4, 0.5) is 0 Å². The maximum Gasteiger partial charge on any atom is 0.276 e. The number of benzene rings is 2. The number of nitrogens with one attached hydrogen (secondary N) is 2. The van der Waals surface area contributed by atoms with E-state index in [0.29, 0.717) is 11.3 Å². The molecule has 2 amide bonds. The molecule has 6 nitrogen and oxygen atoms in total. The lowest BCUT2D eigenvalue weighted by molar-refractivity contribution is -0.123. The van der Waals surface area contributed by atoms with Crippen molar-refractivity contribution in [2.75, 3.05) is 6.61 Å². The molecule has 0 saturated heterocycles. The molecule has 0 bridgehead atoms. The summed E-state index contributed by atoms with van der Waals surface area (Å²) in [5.74, 6) is -0.119. The molecule has 2 N–H and O–H groups in total. The minimum Gasteiger partial charge on any atom is -0.483 e. The molecule has 0 aliphatic rings. The second kappa shape index (κ2) is 7.31. The second-order valence-electron chi connectivity index (χ2n) is 6.18. The van der Waals surface area contributed by atoms with Gasteiger partial charge in [-0.05, 0) is 31.0 Å². The number of rotatable bonds is 4. The number of hydrogen-bond acceptors (Lipinski definition) is 3. The van der Waals surface area contributed by atoms with Crippen LogP contribution in [0, 0.1) is 13.8 Å². The average molecular weight is 351 g/mol. The lowest BCUT2D eigenvalue weighted by Gasteiger charge is -2.12. The third-order valence-electron chi connectivity index (χ3n) is 4.21. The van der Waals surface area contributed by atoms with E-state index in [0.717, 1.165) is 22.0 Å². The molecule has 0 saturated carbocycles. The molecule has 3 rings (SSSR count). The quantitative estimate of drug-likeness (QED) is 0.710. The SMILES string of the molecule is Cc1cccc(C)c1OCC(=O)NNC(=O)c1cn(C)c2ccccc12. The highest BCUT2D eigenvalue weighted by Crippen LogP contribution is 2.22. The topological polar surface area (TPSA) is 72.4 Å². The monoisotopic (exact) mass is 351 g/mol. The van der Waals surface area contributed by atoms with Crippen LogP contribution >= 0.6 is 0 Å². The van der Waals surface area contributed by atoms with Crippen LogP contribution in [-0.2, 0) is 11.8 Å². The first-order chi connectivity index (χ1) is 12.5. The van der Waals surface area contributed by atoms with Crippen LogP contribution in [0.2, 0.25) is 0 Å². The fourth-order valence-corrected chi connectivity index (χ4v) is 2.92. The molecule has 0 radical (unpaired) electrons. The summed E-state index contributed by atoms with van der Waals surface area (Å²) in [5.41, 5.74) is 8.19. The third-order valence-corrected chi connectivity index (χ3v) is 4.21. The van der Waals surface area contributed by atoms with Gasteiger partial charge in [0.25, 0.3) is 11.8 Å². The molecule has 6 heteroatoms. The van der Waals surface area contributed by atoms with E-state index < -0.39 is 5.91 Å². The second-order valence-corrected chi connectivity index (χ2v) is 6.18. The van der Waals surface area contributed by atoms with Crippen molar-refractivity contribution in [3.05, 3.63) is 65.4 Å². The maximum atomic E-state index is 12.4. The van der Waals surface area contributed by atoms with Gasteiger partial charge in [-0.15, -0.1) is 0 Å². The zero-order chi connectivity index (χ0) is 18.7. The Morgan fingerprint density at radius 2 is 1.69 bits per heavy atom. The smallest absolute Gasteiger partial charge is 0.276 e. The van der Waals surface area contributed by atoms with Crippen molar-refractivity contribution >= 4 is 22.7 Å². The van der Waals surface area contributed by atoms with E-state index in [2.05, 4.69) is 10.9 Å². The fraction of sp³-hybridized carbons (Fsp3) is 0.200. The summed E-state index contributed by atoms with van der Waals surface area (Å²) in [6, 6.07) is 13.4. The largest absolute Gasteiger partial charge is 0.483 e. The van der Waals surface area contributed by atoms with Gasteiger partial charge in [0.1, 0.15) is 5.75 Å². The first-order valence-electron chi connectivity index (χ1n) is 8.29. The highest BCUT2D eigenvalue weighted by atomic mass is 16.5. The number of carbonyl (C=O) groups is 2. The highest BCUT2D eigenvalue weighted by Gasteiger charge is 2.14. The Balaban J connectivity index is 1.60. The number of aryl methyl sites for hydroxylation is 3. The van der Waals surface area contributed by atoms with Gasteiger partial charge in [-0.1, -0.05) is 36.4 Å². The summed E-state index contributed by atoms with van der Waals surface area (Å²) < 4.78 is 7.45. The van der Waals surface area contributed by atoms with Crippen LogP contribution in [0.25, 0.3) is 10.9 Å². The van der Waals surface area contributed by atoms with Gasteiger partial charge in [0.15, 0.2) is 6.61 Å². The van der Waals surface area contributed by atoms with Gasteiger partial charge in [-0.25, -0.2) is 0 Å².